The summed E-state index contributed by atoms with van der Waals surface area (Å²) in [5.41, 5.74) is 1.17. The molecule has 1 saturated carbocycles. The Bertz CT molecular complexity index is 624. The number of hydrogen-bond acceptors (Lipinski definition) is 2. The van der Waals surface area contributed by atoms with Crippen LogP contribution >= 0.6 is 0 Å². The molecule has 1 aliphatic carbocycles. The fourth-order valence-electron chi connectivity index (χ4n) is 4.82. The molecule has 1 aromatic rings. The number of rotatable bonds is 4. The van der Waals surface area contributed by atoms with E-state index in [1.807, 2.05) is 28.0 Å². The van der Waals surface area contributed by atoms with Crippen LogP contribution in [0.1, 0.15) is 50.5 Å². The van der Waals surface area contributed by atoms with Crippen LogP contribution in [-0.4, -0.2) is 40.7 Å². The van der Waals surface area contributed by atoms with Crippen molar-refractivity contribution in [3.63, 3.8) is 0 Å². The van der Waals surface area contributed by atoms with Crippen LogP contribution < -0.4 is 0 Å². The van der Waals surface area contributed by atoms with Crippen molar-refractivity contribution < 1.29 is 9.59 Å². The normalized spacial score (nSPS) is 27.0. The number of piperidine rings is 1. The van der Waals surface area contributed by atoms with E-state index in [9.17, 15) is 9.59 Å². The summed E-state index contributed by atoms with van der Waals surface area (Å²) in [4.78, 5) is 29.7. The van der Waals surface area contributed by atoms with Crippen molar-refractivity contribution in [3.05, 3.63) is 35.9 Å². The lowest BCUT2D eigenvalue weighted by Gasteiger charge is -2.36. The summed E-state index contributed by atoms with van der Waals surface area (Å²) in [7, 11) is 0. The molecule has 2 atom stereocenters. The van der Waals surface area contributed by atoms with Gasteiger partial charge in [-0.05, 0) is 37.2 Å². The highest BCUT2D eigenvalue weighted by molar-refractivity contribution is 5.83. The third-order valence-corrected chi connectivity index (χ3v) is 6.28. The van der Waals surface area contributed by atoms with Crippen molar-refractivity contribution >= 4 is 11.8 Å². The molecule has 0 N–H and O–H groups in total. The molecule has 134 valence electrons. The van der Waals surface area contributed by atoms with E-state index in [4.69, 9.17) is 0 Å². The maximum absolute atomic E-state index is 12.9. The summed E-state index contributed by atoms with van der Waals surface area (Å²) in [6.07, 6.45) is 7.58. The smallest absolute Gasteiger partial charge is 0.228 e. The molecule has 25 heavy (non-hydrogen) atoms. The number of nitrogens with zero attached hydrogens (tertiary/aromatic N) is 2. The molecular formula is C21H28N2O2. The van der Waals surface area contributed by atoms with E-state index in [1.165, 1.54) is 31.2 Å². The number of carbonyl (C=O) groups is 2. The van der Waals surface area contributed by atoms with Crippen LogP contribution in [0.5, 0.6) is 0 Å². The summed E-state index contributed by atoms with van der Waals surface area (Å²) in [5.74, 6) is 1.09. The van der Waals surface area contributed by atoms with Gasteiger partial charge in [-0.3, -0.25) is 9.59 Å². The second kappa shape index (κ2) is 7.19. The lowest BCUT2D eigenvalue weighted by Crippen LogP contribution is -2.47. The van der Waals surface area contributed by atoms with E-state index in [2.05, 4.69) is 12.1 Å². The first-order chi connectivity index (χ1) is 12.2. The number of benzene rings is 1. The molecule has 3 heterocycles. The lowest BCUT2D eigenvalue weighted by molar-refractivity contribution is -0.140. The van der Waals surface area contributed by atoms with Crippen molar-refractivity contribution in [2.45, 2.75) is 57.5 Å². The number of fused-ring (bicyclic) bond motifs is 4. The van der Waals surface area contributed by atoms with E-state index in [-0.39, 0.29) is 23.8 Å². The second-order valence-electron chi connectivity index (χ2n) is 8.03. The van der Waals surface area contributed by atoms with Gasteiger partial charge in [-0.1, -0.05) is 43.2 Å². The molecule has 0 aromatic heterocycles. The van der Waals surface area contributed by atoms with Crippen LogP contribution in [0.25, 0.3) is 0 Å². The first kappa shape index (κ1) is 16.6. The molecule has 0 radical (unpaired) electrons. The topological polar surface area (TPSA) is 40.6 Å². The minimum Gasteiger partial charge on any atom is -0.340 e. The third kappa shape index (κ3) is 3.58. The summed E-state index contributed by atoms with van der Waals surface area (Å²) in [5, 5.41) is 0. The molecule has 4 fully saturated rings. The fraction of sp³-hybridized carbons (Fsp3) is 0.619. The van der Waals surface area contributed by atoms with E-state index < -0.39 is 0 Å². The molecule has 4 heteroatoms. The Morgan fingerprint density at radius 1 is 1.00 bits per heavy atom. The van der Waals surface area contributed by atoms with E-state index in [0.717, 1.165) is 19.4 Å². The van der Waals surface area contributed by atoms with Crippen molar-refractivity contribution in [1.82, 2.24) is 9.80 Å². The second-order valence-corrected chi connectivity index (χ2v) is 8.03. The molecule has 3 aliphatic heterocycles. The molecule has 0 spiro atoms. The van der Waals surface area contributed by atoms with Gasteiger partial charge in [-0.2, -0.15) is 0 Å². The average Bonchev–Trinajstić information content (AvgIpc) is 2.98. The predicted octanol–water partition coefficient (Wildman–Crippen LogP) is 3.22. The van der Waals surface area contributed by atoms with E-state index in [0.29, 0.717) is 25.4 Å². The van der Waals surface area contributed by atoms with Crippen LogP contribution in [0.4, 0.5) is 0 Å². The minimum absolute atomic E-state index is 0.00464. The van der Waals surface area contributed by atoms with Crippen LogP contribution in [0, 0.1) is 11.8 Å². The minimum atomic E-state index is -0.00464. The fourth-order valence-corrected chi connectivity index (χ4v) is 4.82. The summed E-state index contributed by atoms with van der Waals surface area (Å²) in [6, 6.07) is 10.4. The molecule has 4 nitrogen and oxygen atoms in total. The zero-order chi connectivity index (χ0) is 17.2. The molecule has 0 unspecified atom stereocenters. The van der Waals surface area contributed by atoms with Gasteiger partial charge in [0.05, 0.1) is 5.92 Å². The van der Waals surface area contributed by atoms with Gasteiger partial charge in [0.15, 0.2) is 0 Å². The largest absolute Gasteiger partial charge is 0.340 e. The number of carbonyl (C=O) groups excluding carboxylic acids is 2. The van der Waals surface area contributed by atoms with Gasteiger partial charge in [-0.15, -0.1) is 0 Å². The summed E-state index contributed by atoms with van der Waals surface area (Å²) >= 11 is 0. The van der Waals surface area contributed by atoms with Crippen LogP contribution in [0.15, 0.2) is 30.3 Å². The first-order valence-corrected chi connectivity index (χ1v) is 9.83. The van der Waals surface area contributed by atoms with Crippen molar-refractivity contribution in [2.75, 3.05) is 13.1 Å². The Labute approximate surface area is 150 Å². The van der Waals surface area contributed by atoms with E-state index in [1.54, 1.807) is 0 Å². The lowest BCUT2D eigenvalue weighted by atomic mass is 9.93. The Balaban J connectivity index is 1.45. The quantitative estimate of drug-likeness (QED) is 0.844. The Kier molecular flexibility index (Phi) is 4.78. The van der Waals surface area contributed by atoms with Gasteiger partial charge in [0.1, 0.15) is 0 Å². The third-order valence-electron chi connectivity index (χ3n) is 6.28. The predicted molar refractivity (Wildman–Crippen MR) is 96.7 cm³/mol. The highest BCUT2D eigenvalue weighted by atomic mass is 16.2. The van der Waals surface area contributed by atoms with E-state index >= 15 is 0 Å². The van der Waals surface area contributed by atoms with Gasteiger partial charge in [-0.25, -0.2) is 0 Å². The van der Waals surface area contributed by atoms with Gasteiger partial charge in [0.25, 0.3) is 0 Å². The highest BCUT2D eigenvalue weighted by Gasteiger charge is 2.41. The number of hydrogen-bond donors (Lipinski definition) is 0. The zero-order valence-electron chi connectivity index (χ0n) is 14.9. The van der Waals surface area contributed by atoms with Gasteiger partial charge < -0.3 is 9.80 Å². The molecule has 5 rings (SSSR count). The van der Waals surface area contributed by atoms with Crippen LogP contribution in [0.3, 0.4) is 0 Å². The molecule has 2 amide bonds. The van der Waals surface area contributed by atoms with Crippen molar-refractivity contribution in [3.8, 4) is 0 Å². The maximum Gasteiger partial charge on any atom is 0.228 e. The molecule has 2 bridgehead atoms. The molecular weight excluding hydrogens is 312 g/mol. The average molecular weight is 340 g/mol. The monoisotopic (exact) mass is 340 g/mol. The van der Waals surface area contributed by atoms with Gasteiger partial charge >= 0.3 is 0 Å². The maximum atomic E-state index is 12.9. The standard InChI is InChI=1S/C21H28N2O2/c24-20(12-16-6-4-5-7-16)22-14-18-10-11-19(15-22)23(21(18)25)13-17-8-2-1-3-9-17/h1-3,8-9,16,18-19H,4-7,10-15H2/t18-,19+/m0/s1. The SMILES string of the molecule is O=C(CC1CCCC1)N1C[C@@H]2CC[C@H](C1)N(Cc1ccccc1)C2=O. The first-order valence-electron chi connectivity index (χ1n) is 9.83. The summed E-state index contributed by atoms with van der Waals surface area (Å²) in [6.45, 7) is 2.03. The Morgan fingerprint density at radius 2 is 1.76 bits per heavy atom. The summed E-state index contributed by atoms with van der Waals surface area (Å²) < 4.78 is 0. The van der Waals surface area contributed by atoms with Gasteiger partial charge in [0, 0.05) is 32.1 Å². The Morgan fingerprint density at radius 3 is 2.52 bits per heavy atom. The van der Waals surface area contributed by atoms with Crippen molar-refractivity contribution in [2.24, 2.45) is 11.8 Å². The Hall–Kier alpha value is -1.84. The molecule has 4 aliphatic rings. The number of amides is 2. The van der Waals surface area contributed by atoms with Crippen LogP contribution in [0.2, 0.25) is 0 Å². The zero-order valence-corrected chi connectivity index (χ0v) is 14.9. The van der Waals surface area contributed by atoms with Crippen LogP contribution in [-0.2, 0) is 16.1 Å². The molecule has 1 aromatic carbocycles. The molecule has 3 saturated heterocycles. The van der Waals surface area contributed by atoms with Crippen molar-refractivity contribution in [1.29, 1.82) is 0 Å². The highest BCUT2D eigenvalue weighted by Crippen LogP contribution is 2.32. The van der Waals surface area contributed by atoms with Gasteiger partial charge in [0.2, 0.25) is 11.8 Å².